The van der Waals surface area contributed by atoms with E-state index in [9.17, 15) is 0 Å². The van der Waals surface area contributed by atoms with Crippen molar-refractivity contribution in [2.24, 2.45) is 0 Å². The van der Waals surface area contributed by atoms with Crippen LogP contribution in [0.25, 0.3) is 0 Å². The molecule has 0 aliphatic carbocycles. The lowest BCUT2D eigenvalue weighted by Crippen LogP contribution is -2.41. The molecule has 0 aliphatic heterocycles. The summed E-state index contributed by atoms with van der Waals surface area (Å²) in [6.07, 6.45) is 4.24. The Balaban J connectivity index is 1.55. The molecule has 0 spiro atoms. The lowest BCUT2D eigenvalue weighted by molar-refractivity contribution is 0.327. The van der Waals surface area contributed by atoms with E-state index in [1.54, 1.807) is 0 Å². The Bertz CT molecular complexity index is 863. The van der Waals surface area contributed by atoms with Gasteiger partial charge in [0.05, 0.1) is 14.7 Å². The number of para-hydroxylation sites is 1. The van der Waals surface area contributed by atoms with E-state index < -0.39 is 8.07 Å². The summed E-state index contributed by atoms with van der Waals surface area (Å²) in [6.45, 7) is 7.47. The van der Waals surface area contributed by atoms with Crippen molar-refractivity contribution in [1.82, 2.24) is 4.98 Å². The Hall–Kier alpha value is -2.59. The number of pyridine rings is 1. The van der Waals surface area contributed by atoms with Crippen LogP contribution in [-0.4, -0.2) is 19.7 Å². The largest absolute Gasteiger partial charge is 0.478 e. The molecule has 0 saturated carbocycles. The first kappa shape index (κ1) is 20.1. The minimum absolute atomic E-state index is 0.653. The van der Waals surface area contributed by atoms with E-state index in [-0.39, 0.29) is 0 Å². The molecule has 3 aromatic rings. The van der Waals surface area contributed by atoms with Crippen LogP contribution in [0.3, 0.4) is 0 Å². The predicted octanol–water partition coefficient (Wildman–Crippen LogP) is 5.82. The number of nitrogens with zero attached hydrogens (tertiary/aromatic N) is 1. The third-order valence-corrected chi connectivity index (χ3v) is 8.42. The molecule has 0 atom stereocenters. The molecule has 146 valence electrons. The fraction of sp³-hybridized carbons (Fsp3) is 0.292. The SMILES string of the molecule is CCOc1ccc([Si](C)(C)CCCc2cccc(Oc3ccccc3)c2)cn1. The minimum Gasteiger partial charge on any atom is -0.478 e. The summed E-state index contributed by atoms with van der Waals surface area (Å²) in [5, 5.41) is 1.39. The minimum atomic E-state index is -1.50. The third-order valence-electron chi connectivity index (χ3n) is 4.95. The van der Waals surface area contributed by atoms with Gasteiger partial charge in [0.15, 0.2) is 0 Å². The molecular weight excluding hydrogens is 362 g/mol. The molecule has 4 heteroatoms. The first-order valence-corrected chi connectivity index (χ1v) is 13.2. The molecule has 28 heavy (non-hydrogen) atoms. The van der Waals surface area contributed by atoms with Gasteiger partial charge >= 0.3 is 0 Å². The van der Waals surface area contributed by atoms with Crippen LogP contribution >= 0.6 is 0 Å². The van der Waals surface area contributed by atoms with Crippen LogP contribution in [0.2, 0.25) is 19.1 Å². The maximum absolute atomic E-state index is 5.96. The Morgan fingerprint density at radius 1 is 0.893 bits per heavy atom. The van der Waals surface area contributed by atoms with Gasteiger partial charge in [-0.2, -0.15) is 0 Å². The average Bonchev–Trinajstić information content (AvgIpc) is 2.70. The van der Waals surface area contributed by atoms with Gasteiger partial charge in [-0.3, -0.25) is 0 Å². The first-order chi connectivity index (χ1) is 13.6. The second-order valence-electron chi connectivity index (χ2n) is 7.62. The summed E-state index contributed by atoms with van der Waals surface area (Å²) in [5.74, 6) is 2.48. The van der Waals surface area contributed by atoms with E-state index in [4.69, 9.17) is 9.47 Å². The molecule has 0 fully saturated rings. The normalized spacial score (nSPS) is 11.2. The molecule has 0 unspecified atom stereocenters. The highest BCUT2D eigenvalue weighted by Crippen LogP contribution is 2.23. The van der Waals surface area contributed by atoms with Crippen molar-refractivity contribution in [1.29, 1.82) is 0 Å². The number of aromatic nitrogens is 1. The van der Waals surface area contributed by atoms with Gasteiger partial charge in [-0.1, -0.05) is 62.0 Å². The van der Waals surface area contributed by atoms with Gasteiger partial charge in [0.25, 0.3) is 0 Å². The number of hydrogen-bond donors (Lipinski definition) is 0. The van der Waals surface area contributed by atoms with Gasteiger partial charge in [0.1, 0.15) is 11.5 Å². The molecule has 0 radical (unpaired) electrons. The highest BCUT2D eigenvalue weighted by Gasteiger charge is 2.23. The average molecular weight is 392 g/mol. The van der Waals surface area contributed by atoms with Crippen molar-refractivity contribution < 1.29 is 9.47 Å². The number of benzene rings is 2. The van der Waals surface area contributed by atoms with Crippen LogP contribution in [0.4, 0.5) is 0 Å². The highest BCUT2D eigenvalue weighted by atomic mass is 28.3. The molecule has 1 aromatic heterocycles. The Labute approximate surface area is 169 Å². The van der Waals surface area contributed by atoms with E-state index in [1.807, 2.05) is 55.6 Å². The Kier molecular flexibility index (Phi) is 6.88. The summed E-state index contributed by atoms with van der Waals surface area (Å²) in [6, 6.07) is 23.8. The van der Waals surface area contributed by atoms with Gasteiger partial charge in [-0.05, 0) is 48.4 Å². The zero-order chi connectivity index (χ0) is 19.8. The fourth-order valence-corrected chi connectivity index (χ4v) is 5.58. The van der Waals surface area contributed by atoms with Crippen LogP contribution < -0.4 is 14.7 Å². The topological polar surface area (TPSA) is 31.4 Å². The van der Waals surface area contributed by atoms with Crippen molar-refractivity contribution in [3.8, 4) is 17.4 Å². The smallest absolute Gasteiger partial charge is 0.213 e. The van der Waals surface area contributed by atoms with Crippen molar-refractivity contribution in [3.63, 3.8) is 0 Å². The summed E-state index contributed by atoms with van der Waals surface area (Å²) in [5.41, 5.74) is 1.32. The second-order valence-corrected chi connectivity index (χ2v) is 12.5. The molecule has 0 aliphatic rings. The van der Waals surface area contributed by atoms with Crippen LogP contribution in [0, 0.1) is 0 Å². The van der Waals surface area contributed by atoms with Crippen LogP contribution in [-0.2, 0) is 6.42 Å². The molecule has 0 N–H and O–H groups in total. The Morgan fingerprint density at radius 3 is 2.39 bits per heavy atom. The van der Waals surface area contributed by atoms with E-state index in [0.717, 1.165) is 17.9 Å². The van der Waals surface area contributed by atoms with E-state index in [1.165, 1.54) is 23.2 Å². The lowest BCUT2D eigenvalue weighted by Gasteiger charge is -2.22. The predicted molar refractivity (Wildman–Crippen MR) is 119 cm³/mol. The molecule has 0 amide bonds. The zero-order valence-corrected chi connectivity index (χ0v) is 18.0. The van der Waals surface area contributed by atoms with Crippen LogP contribution in [0.1, 0.15) is 18.9 Å². The van der Waals surface area contributed by atoms with Crippen molar-refractivity contribution in [2.75, 3.05) is 6.61 Å². The van der Waals surface area contributed by atoms with Gasteiger partial charge in [0, 0.05) is 12.3 Å². The van der Waals surface area contributed by atoms with E-state index >= 15 is 0 Å². The standard InChI is InChI=1S/C24H29NO2Si/c1-4-26-24-16-15-23(19-25-24)28(2,3)17-9-11-20-10-8-14-22(18-20)27-21-12-6-5-7-13-21/h5-8,10,12-16,18-19H,4,9,11,17H2,1-3H3. The van der Waals surface area contributed by atoms with Crippen LogP contribution in [0.15, 0.2) is 72.9 Å². The number of hydrogen-bond acceptors (Lipinski definition) is 3. The third kappa shape index (κ3) is 5.70. The number of aryl methyl sites for hydroxylation is 1. The molecule has 0 saturated heterocycles. The summed E-state index contributed by atoms with van der Waals surface area (Å²) in [7, 11) is -1.50. The quantitative estimate of drug-likeness (QED) is 0.431. The van der Waals surface area contributed by atoms with Crippen molar-refractivity contribution in [3.05, 3.63) is 78.5 Å². The Morgan fingerprint density at radius 2 is 1.68 bits per heavy atom. The molecule has 3 rings (SSSR count). The van der Waals surface area contributed by atoms with Gasteiger partial charge in [0.2, 0.25) is 5.88 Å². The number of rotatable bonds is 9. The van der Waals surface area contributed by atoms with E-state index in [0.29, 0.717) is 12.5 Å². The molecular formula is C24H29NO2Si. The monoisotopic (exact) mass is 391 g/mol. The van der Waals surface area contributed by atoms with Gasteiger partial charge < -0.3 is 9.47 Å². The molecule has 1 heterocycles. The van der Waals surface area contributed by atoms with Gasteiger partial charge in [-0.25, -0.2) is 4.98 Å². The lowest BCUT2D eigenvalue weighted by atomic mass is 10.1. The highest BCUT2D eigenvalue weighted by molar-refractivity contribution is 6.89. The summed E-state index contributed by atoms with van der Waals surface area (Å²) < 4.78 is 11.4. The fourth-order valence-electron chi connectivity index (χ4n) is 3.28. The molecule has 3 nitrogen and oxygen atoms in total. The summed E-state index contributed by atoms with van der Waals surface area (Å²) in [4.78, 5) is 4.45. The number of ether oxygens (including phenoxy) is 2. The van der Waals surface area contributed by atoms with Crippen molar-refractivity contribution in [2.45, 2.75) is 38.9 Å². The van der Waals surface area contributed by atoms with E-state index in [2.05, 4.69) is 42.3 Å². The zero-order valence-electron chi connectivity index (χ0n) is 17.0. The molecule has 0 bridgehead atoms. The van der Waals surface area contributed by atoms with Crippen LogP contribution in [0.5, 0.6) is 17.4 Å². The maximum Gasteiger partial charge on any atom is 0.213 e. The first-order valence-electron chi connectivity index (χ1n) is 9.98. The summed E-state index contributed by atoms with van der Waals surface area (Å²) >= 11 is 0. The second kappa shape index (κ2) is 9.56. The van der Waals surface area contributed by atoms with Gasteiger partial charge in [-0.15, -0.1) is 0 Å². The van der Waals surface area contributed by atoms with Crippen molar-refractivity contribution >= 4 is 13.3 Å². The maximum atomic E-state index is 5.96. The molecule has 2 aromatic carbocycles.